The Morgan fingerprint density at radius 1 is 1.56 bits per heavy atom. The van der Waals surface area contributed by atoms with Crippen LogP contribution < -0.4 is 4.72 Å². The summed E-state index contributed by atoms with van der Waals surface area (Å²) in [5, 5.41) is 0. The largest absolute Gasteiger partial charge is 0.263 e. The van der Waals surface area contributed by atoms with Crippen molar-refractivity contribution in [2.75, 3.05) is 7.05 Å². The molecule has 0 spiro atoms. The molecule has 0 aliphatic carbocycles. The van der Waals surface area contributed by atoms with Crippen LogP contribution >= 0.6 is 35.3 Å². The van der Waals surface area contributed by atoms with Gasteiger partial charge in [0.25, 0.3) is 0 Å². The van der Waals surface area contributed by atoms with Crippen molar-refractivity contribution in [3.63, 3.8) is 0 Å². The Morgan fingerprint density at radius 2 is 2.11 bits per heavy atom. The van der Waals surface area contributed by atoms with Crippen molar-refractivity contribution in [1.82, 2.24) is 4.72 Å². The minimum atomic E-state index is 0.544. The standard InChI is InChI=1S/C5H8ClNS2/c1-4(6)8-5(2)9-7-3/h7H,1-2H2,3H3. The Balaban J connectivity index is 3.39. The molecule has 0 radical (unpaired) electrons. The first-order chi connectivity index (χ1) is 4.16. The molecule has 1 N–H and O–H groups in total. The zero-order valence-corrected chi connectivity index (χ0v) is 7.50. The Morgan fingerprint density at radius 3 is 2.44 bits per heavy atom. The second kappa shape index (κ2) is 5.23. The van der Waals surface area contributed by atoms with Crippen molar-refractivity contribution >= 4 is 35.3 Å². The van der Waals surface area contributed by atoms with Gasteiger partial charge in [-0.25, -0.2) is 0 Å². The van der Waals surface area contributed by atoms with Crippen LogP contribution in [-0.2, 0) is 0 Å². The lowest BCUT2D eigenvalue weighted by Crippen LogP contribution is -1.88. The second-order valence-electron chi connectivity index (χ2n) is 1.14. The van der Waals surface area contributed by atoms with Crippen LogP contribution in [0.3, 0.4) is 0 Å². The molecule has 0 aliphatic heterocycles. The molecule has 0 aromatic heterocycles. The second-order valence-corrected chi connectivity index (χ2v) is 4.37. The molecule has 0 aromatic carbocycles. The van der Waals surface area contributed by atoms with Crippen molar-refractivity contribution in [1.29, 1.82) is 0 Å². The van der Waals surface area contributed by atoms with Gasteiger partial charge in [0.05, 0.1) is 8.60 Å². The van der Waals surface area contributed by atoms with Gasteiger partial charge in [-0.2, -0.15) is 0 Å². The fraction of sp³-hybridized carbons (Fsp3) is 0.200. The Hall–Kier alpha value is 0.430. The van der Waals surface area contributed by atoms with Gasteiger partial charge in [-0.1, -0.05) is 36.5 Å². The monoisotopic (exact) mass is 181 g/mol. The molecule has 0 bridgehead atoms. The van der Waals surface area contributed by atoms with E-state index in [1.54, 1.807) is 0 Å². The van der Waals surface area contributed by atoms with E-state index in [9.17, 15) is 0 Å². The fourth-order valence-electron chi connectivity index (χ4n) is 0.258. The molecule has 1 nitrogen and oxygen atoms in total. The van der Waals surface area contributed by atoms with Gasteiger partial charge in [0.15, 0.2) is 0 Å². The van der Waals surface area contributed by atoms with E-state index in [2.05, 4.69) is 17.9 Å². The van der Waals surface area contributed by atoms with Crippen molar-refractivity contribution < 1.29 is 0 Å². The quantitative estimate of drug-likeness (QED) is 0.670. The van der Waals surface area contributed by atoms with Gasteiger partial charge in [0.2, 0.25) is 0 Å². The lowest BCUT2D eigenvalue weighted by atomic mass is 11.2. The van der Waals surface area contributed by atoms with Crippen molar-refractivity contribution in [3.05, 3.63) is 21.8 Å². The van der Waals surface area contributed by atoms with Gasteiger partial charge in [-0.3, -0.25) is 4.72 Å². The minimum Gasteiger partial charge on any atom is -0.263 e. The SMILES string of the molecule is C=C(Cl)SC(=C)SNC. The molecule has 0 saturated carbocycles. The molecule has 0 aliphatic rings. The average molecular weight is 182 g/mol. The van der Waals surface area contributed by atoms with E-state index >= 15 is 0 Å². The first-order valence-corrected chi connectivity index (χ1v) is 4.22. The Kier molecular flexibility index (Phi) is 5.48. The summed E-state index contributed by atoms with van der Waals surface area (Å²) in [6.07, 6.45) is 0. The van der Waals surface area contributed by atoms with Gasteiger partial charge in [0.1, 0.15) is 0 Å². The van der Waals surface area contributed by atoms with Crippen LogP contribution in [0.1, 0.15) is 0 Å². The molecule has 9 heavy (non-hydrogen) atoms. The summed E-state index contributed by atoms with van der Waals surface area (Å²) >= 11 is 8.26. The number of hydrogen-bond donors (Lipinski definition) is 1. The highest BCUT2D eigenvalue weighted by atomic mass is 35.5. The summed E-state index contributed by atoms with van der Waals surface area (Å²) < 4.78 is 4.31. The van der Waals surface area contributed by atoms with Crippen LogP contribution in [0.2, 0.25) is 0 Å². The van der Waals surface area contributed by atoms with Crippen LogP contribution in [0.4, 0.5) is 0 Å². The van der Waals surface area contributed by atoms with E-state index in [0.29, 0.717) is 4.36 Å². The van der Waals surface area contributed by atoms with Gasteiger partial charge < -0.3 is 0 Å². The van der Waals surface area contributed by atoms with Crippen LogP contribution in [0, 0.1) is 0 Å². The molecular formula is C5H8ClNS2. The molecule has 0 rings (SSSR count). The van der Waals surface area contributed by atoms with Crippen molar-refractivity contribution in [2.45, 2.75) is 0 Å². The predicted molar refractivity (Wildman–Crippen MR) is 48.4 cm³/mol. The third-order valence-corrected chi connectivity index (χ3v) is 2.05. The van der Waals surface area contributed by atoms with Gasteiger partial charge >= 0.3 is 0 Å². The van der Waals surface area contributed by atoms with E-state index in [4.69, 9.17) is 11.6 Å². The summed E-state index contributed by atoms with van der Waals surface area (Å²) in [6.45, 7) is 7.21. The molecule has 0 unspecified atom stereocenters. The number of halogens is 1. The maximum Gasteiger partial charge on any atom is 0.0715 e. The maximum absolute atomic E-state index is 5.47. The zero-order chi connectivity index (χ0) is 7.28. The molecule has 4 heteroatoms. The number of hydrogen-bond acceptors (Lipinski definition) is 3. The summed E-state index contributed by atoms with van der Waals surface area (Å²) in [5.74, 6) is 0. The Bertz CT molecular complexity index is 124. The summed E-state index contributed by atoms with van der Waals surface area (Å²) in [5.41, 5.74) is 0. The molecule has 0 fully saturated rings. The molecule has 0 aromatic rings. The fourth-order valence-corrected chi connectivity index (χ4v) is 1.87. The van der Waals surface area contributed by atoms with E-state index in [1.807, 2.05) is 7.05 Å². The van der Waals surface area contributed by atoms with E-state index in [-0.39, 0.29) is 0 Å². The molecular weight excluding hydrogens is 174 g/mol. The summed E-state index contributed by atoms with van der Waals surface area (Å²) in [7, 11) is 1.83. The minimum absolute atomic E-state index is 0.544. The topological polar surface area (TPSA) is 12.0 Å². The summed E-state index contributed by atoms with van der Waals surface area (Å²) in [4.78, 5) is 0. The summed E-state index contributed by atoms with van der Waals surface area (Å²) in [6, 6.07) is 0. The smallest absolute Gasteiger partial charge is 0.0715 e. The van der Waals surface area contributed by atoms with Gasteiger partial charge in [-0.05, 0) is 19.0 Å². The first kappa shape index (κ1) is 9.43. The molecule has 52 valence electrons. The van der Waals surface area contributed by atoms with Crippen LogP contribution in [0.5, 0.6) is 0 Å². The highest BCUT2D eigenvalue weighted by Gasteiger charge is 1.94. The average Bonchev–Trinajstić information content (AvgIpc) is 1.63. The molecule has 0 heterocycles. The lowest BCUT2D eigenvalue weighted by Gasteiger charge is -1.98. The zero-order valence-electron chi connectivity index (χ0n) is 5.11. The molecule has 0 amide bonds. The number of thioether (sulfide) groups is 1. The van der Waals surface area contributed by atoms with E-state index < -0.39 is 0 Å². The third-order valence-electron chi connectivity index (χ3n) is 0.440. The highest BCUT2D eigenvalue weighted by molar-refractivity contribution is 8.23. The van der Waals surface area contributed by atoms with Crippen LogP contribution in [-0.4, -0.2) is 7.05 Å². The van der Waals surface area contributed by atoms with Crippen molar-refractivity contribution in [2.24, 2.45) is 0 Å². The Labute approximate surface area is 69.1 Å². The normalized spacial score (nSPS) is 9.11. The molecule has 0 saturated heterocycles. The predicted octanol–water partition coefficient (Wildman–Crippen LogP) is 2.77. The van der Waals surface area contributed by atoms with Crippen LogP contribution in [0.15, 0.2) is 21.8 Å². The molecule has 0 atom stereocenters. The van der Waals surface area contributed by atoms with Gasteiger partial charge in [-0.15, -0.1) is 0 Å². The first-order valence-electron chi connectivity index (χ1n) is 2.21. The highest BCUT2D eigenvalue weighted by Crippen LogP contribution is 2.31. The number of rotatable bonds is 4. The third kappa shape index (κ3) is 6.31. The van der Waals surface area contributed by atoms with Crippen LogP contribution in [0.25, 0.3) is 0 Å². The van der Waals surface area contributed by atoms with Crippen molar-refractivity contribution in [3.8, 4) is 0 Å². The lowest BCUT2D eigenvalue weighted by molar-refractivity contribution is 1.31. The number of nitrogens with one attached hydrogen (secondary N) is 1. The maximum atomic E-state index is 5.47. The van der Waals surface area contributed by atoms with Gasteiger partial charge in [0, 0.05) is 0 Å². The van der Waals surface area contributed by atoms with E-state index in [1.165, 1.54) is 23.7 Å². The van der Waals surface area contributed by atoms with E-state index in [0.717, 1.165) is 4.24 Å².